The number of diazo groups is 3. The fourth-order valence-electron chi connectivity index (χ4n) is 9.52. The summed E-state index contributed by atoms with van der Waals surface area (Å²) in [6.45, 7) is 8.33. The minimum Gasteiger partial charge on any atom is -0.867 e. The maximum atomic E-state index is 14.1. The third kappa shape index (κ3) is 8.97. The molecule has 77 heavy (non-hydrogen) atoms. The van der Waals surface area contributed by atoms with Crippen LogP contribution in [0.2, 0.25) is 0 Å². The van der Waals surface area contributed by atoms with E-state index in [1.165, 1.54) is 104 Å². The normalized spacial score (nSPS) is 11.9. The maximum Gasteiger partial charge on any atom is 0.378 e. The van der Waals surface area contributed by atoms with Gasteiger partial charge in [0.2, 0.25) is 16.2 Å². The van der Waals surface area contributed by atoms with Gasteiger partial charge < -0.3 is 32.6 Å². The summed E-state index contributed by atoms with van der Waals surface area (Å²) in [5.41, 5.74) is 0.686. The van der Waals surface area contributed by atoms with Crippen LogP contribution in [0.15, 0.2) is 148 Å². The Morgan fingerprint density at radius 3 is 1.08 bits per heavy atom. The monoisotopic (exact) mass is 1090 g/mol. The highest BCUT2D eigenvalue weighted by atomic mass is 32.2. The van der Waals surface area contributed by atoms with E-state index in [1.807, 2.05) is 6.92 Å². The summed E-state index contributed by atoms with van der Waals surface area (Å²) in [7, 11) is -12.7. The molecule has 0 N–H and O–H groups in total. The molecule has 0 aliphatic carbocycles. The lowest BCUT2D eigenvalue weighted by atomic mass is 9.69. The Kier molecular flexibility index (Phi) is 13.1. The number of hydrogen-bond acceptors (Lipinski definition) is 16. The van der Waals surface area contributed by atoms with E-state index >= 15 is 0 Å². The quantitative estimate of drug-likeness (QED) is 0.0589. The summed E-state index contributed by atoms with van der Waals surface area (Å²) >= 11 is 0. The minimum atomic E-state index is -4.70. The van der Waals surface area contributed by atoms with Crippen LogP contribution in [-0.2, 0) is 35.8 Å². The van der Waals surface area contributed by atoms with Crippen molar-refractivity contribution in [2.45, 2.75) is 54.7 Å². The van der Waals surface area contributed by atoms with Crippen molar-refractivity contribution in [1.29, 1.82) is 16.2 Å². The van der Waals surface area contributed by atoms with Crippen molar-refractivity contribution in [2.24, 2.45) is 0 Å². The van der Waals surface area contributed by atoms with Crippen molar-refractivity contribution in [1.82, 2.24) is 0 Å². The van der Waals surface area contributed by atoms with Gasteiger partial charge in [0.05, 0.1) is 7.11 Å². The Morgan fingerprint density at radius 2 is 0.753 bits per heavy atom. The molecule has 0 atom stereocenters. The number of nitrogens with zero attached hydrogens (tertiary/aromatic N) is 6. The van der Waals surface area contributed by atoms with Crippen LogP contribution in [0.4, 0.5) is 17.1 Å². The smallest absolute Gasteiger partial charge is 0.378 e. The first-order chi connectivity index (χ1) is 36.5. The summed E-state index contributed by atoms with van der Waals surface area (Å²) in [6, 6.07) is 30.8. The van der Waals surface area contributed by atoms with Crippen LogP contribution in [0.25, 0.3) is 47.2 Å². The third-order valence-electron chi connectivity index (χ3n) is 13.4. The summed E-state index contributed by atoms with van der Waals surface area (Å²) < 4.78 is 108. The first kappa shape index (κ1) is 52.3. The Labute approximate surface area is 441 Å². The third-order valence-corrected chi connectivity index (χ3v) is 17.2. The van der Waals surface area contributed by atoms with Crippen LogP contribution in [-0.4, -0.2) is 32.4 Å². The van der Waals surface area contributed by atoms with Crippen molar-refractivity contribution >= 4 is 79.7 Å². The topological polar surface area (TPSA) is 293 Å². The van der Waals surface area contributed by atoms with Gasteiger partial charge in [-0.3, -0.25) is 0 Å². The van der Waals surface area contributed by atoms with Gasteiger partial charge in [0, 0.05) is 39.8 Å². The Morgan fingerprint density at radius 1 is 0.416 bits per heavy atom. The molecule has 9 aromatic carbocycles. The highest BCUT2D eigenvalue weighted by Gasteiger charge is 2.36. The highest BCUT2D eigenvalue weighted by Crippen LogP contribution is 2.48. The highest BCUT2D eigenvalue weighted by molar-refractivity contribution is 7.88. The van der Waals surface area contributed by atoms with Gasteiger partial charge in [-0.1, -0.05) is 66.7 Å². The number of hydrogen-bond donors (Lipinski definition) is 0. The zero-order valence-corrected chi connectivity index (χ0v) is 43.9. The van der Waals surface area contributed by atoms with Crippen LogP contribution in [0, 0.1) is 43.9 Å². The lowest BCUT2D eigenvalue weighted by molar-refractivity contribution is -0.265. The number of fused-ring (bicyclic) bond motifs is 3. The molecule has 9 rings (SSSR count). The van der Waals surface area contributed by atoms with Gasteiger partial charge >= 0.3 is 47.4 Å². The number of aryl methyl sites for hydroxylation is 4. The molecular weight excluding hydrogens is 1050 g/mol. The molecule has 0 saturated carbocycles. The van der Waals surface area contributed by atoms with Gasteiger partial charge in [0.1, 0.15) is 26.2 Å². The predicted octanol–water partition coefficient (Wildman–Crippen LogP) is 10.7. The standard InChI is InChI=1S/C55H40N6O13S3/c1-29-24-34(25-30(2)53(29)73-76(67,68)48-14-8-11-40-37(48)18-21-43(60-57)51(40)63)55(5,33-16-23-45(46(28-33)71-6)72-75(65,66)47-13-7-10-39-36(47)17-20-42(59-56)50(39)62)35-26-31(3)54(32(4)27-35)74-77(69,70)49-15-9-12-41-38(49)19-22-44(61-58)52(41)64/h7-28H,1-6H3. The van der Waals surface area contributed by atoms with Crippen LogP contribution in [0.3, 0.4) is 0 Å². The van der Waals surface area contributed by atoms with Crippen LogP contribution in [0.1, 0.15) is 45.9 Å². The molecule has 0 saturated heterocycles. The van der Waals surface area contributed by atoms with Gasteiger partial charge in [-0.15, -0.1) is 0 Å². The molecule has 0 aliphatic rings. The van der Waals surface area contributed by atoms with E-state index in [1.54, 1.807) is 64.1 Å². The molecule has 0 heterocycles. The summed E-state index contributed by atoms with van der Waals surface area (Å²) in [5.74, 6) is -2.48. The van der Waals surface area contributed by atoms with E-state index < -0.39 is 53.0 Å². The number of methoxy groups -OCH3 is 1. The molecule has 9 aromatic rings. The van der Waals surface area contributed by atoms with Gasteiger partial charge in [-0.2, -0.15) is 25.3 Å². The summed E-state index contributed by atoms with van der Waals surface area (Å²) in [6.07, 6.45) is 0. The molecule has 0 aromatic heterocycles. The first-order valence-corrected chi connectivity index (χ1v) is 27.2. The molecule has 0 radical (unpaired) electrons. The number of ether oxygens (including phenoxy) is 1. The summed E-state index contributed by atoms with van der Waals surface area (Å²) in [5, 5.41) is 66.8. The van der Waals surface area contributed by atoms with Gasteiger partial charge in [0.25, 0.3) is 0 Å². The largest absolute Gasteiger partial charge is 0.867 e. The fraction of sp³-hybridized carbons (Fsp3) is 0.127. The second-order valence-electron chi connectivity index (χ2n) is 18.1. The fourth-order valence-corrected chi connectivity index (χ4v) is 13.2. The van der Waals surface area contributed by atoms with E-state index in [0.717, 1.165) is 0 Å². The average molecular weight is 1090 g/mol. The molecule has 0 spiro atoms. The Balaban J connectivity index is 1.16. The van der Waals surface area contributed by atoms with E-state index in [0.29, 0.717) is 38.9 Å². The SMILES string of the molecule is COc1cc(C(C)(c2cc(C)c(OS(=O)(=O)c3cccc4c([O-])c([N+]#N)ccc34)c(C)c2)c2cc(C)c(OS(=O)(=O)c3cccc4c([O-])c([N+]#N)ccc34)c(C)c2)ccc1OS(=O)(=O)c1cccc2c([O-])c([N+]#N)ccc12. The lowest BCUT2D eigenvalue weighted by Gasteiger charge is -2.34. The van der Waals surface area contributed by atoms with Crippen molar-refractivity contribution in [3.63, 3.8) is 0 Å². The maximum absolute atomic E-state index is 14.1. The van der Waals surface area contributed by atoms with Gasteiger partial charge in [-0.25, -0.2) is 0 Å². The zero-order valence-electron chi connectivity index (χ0n) is 41.4. The van der Waals surface area contributed by atoms with Crippen molar-refractivity contribution < 1.29 is 57.9 Å². The van der Waals surface area contributed by atoms with E-state index in [9.17, 15) is 56.8 Å². The predicted molar refractivity (Wildman–Crippen MR) is 278 cm³/mol. The molecule has 22 heteroatoms. The van der Waals surface area contributed by atoms with E-state index in [4.69, 9.17) is 17.3 Å². The van der Waals surface area contributed by atoms with E-state index in [2.05, 4.69) is 14.9 Å². The number of benzene rings is 9. The molecular formula is C55H40N6O13S3. The zero-order chi connectivity index (χ0) is 55.5. The summed E-state index contributed by atoms with van der Waals surface area (Å²) in [4.78, 5) is 7.96. The van der Waals surface area contributed by atoms with Crippen LogP contribution >= 0.6 is 0 Å². The second kappa shape index (κ2) is 19.3. The molecule has 0 amide bonds. The van der Waals surface area contributed by atoms with Crippen molar-refractivity contribution in [3.05, 3.63) is 187 Å². The Bertz CT molecular complexity index is 4270. The second-order valence-corrected chi connectivity index (χ2v) is 22.6. The molecule has 0 unspecified atom stereocenters. The van der Waals surface area contributed by atoms with Crippen LogP contribution < -0.4 is 32.6 Å². The van der Waals surface area contributed by atoms with Crippen molar-refractivity contribution in [2.75, 3.05) is 7.11 Å². The lowest BCUT2D eigenvalue weighted by Crippen LogP contribution is -2.27. The molecule has 0 bridgehead atoms. The minimum absolute atomic E-state index is 0.00774. The van der Waals surface area contributed by atoms with E-state index in [-0.39, 0.29) is 87.1 Å². The molecule has 0 fully saturated rings. The molecule has 19 nitrogen and oxygen atoms in total. The van der Waals surface area contributed by atoms with Crippen molar-refractivity contribution in [3.8, 4) is 40.2 Å². The number of rotatable bonds is 13. The van der Waals surface area contributed by atoms with Crippen LogP contribution in [0.5, 0.6) is 40.2 Å². The van der Waals surface area contributed by atoms with Gasteiger partial charge in [-0.05, 0) is 156 Å². The Hall–Kier alpha value is -9.53. The van der Waals surface area contributed by atoms with Gasteiger partial charge in [0.15, 0.2) is 26.4 Å². The average Bonchev–Trinajstić information content (AvgIpc) is 3.48. The molecule has 386 valence electrons. The first-order valence-electron chi connectivity index (χ1n) is 23.0. The molecule has 0 aliphatic heterocycles.